The Morgan fingerprint density at radius 2 is 1.93 bits per heavy atom. The molecule has 6 unspecified atom stereocenters. The first-order valence-electron chi connectivity index (χ1n) is 14.5. The first kappa shape index (κ1) is 33.9. The highest BCUT2D eigenvalue weighted by Crippen LogP contribution is 2.28. The summed E-state index contributed by atoms with van der Waals surface area (Å²) in [4.78, 5) is 29.8. The monoisotopic (exact) mass is 574 g/mol. The van der Waals surface area contributed by atoms with Crippen molar-refractivity contribution in [2.75, 3.05) is 27.8 Å². The highest BCUT2D eigenvalue weighted by molar-refractivity contribution is 7.09. The Morgan fingerprint density at radius 1 is 1.20 bits per heavy atom. The molecule has 0 radical (unpaired) electrons. The van der Waals surface area contributed by atoms with E-state index in [2.05, 4.69) is 43.3 Å². The van der Waals surface area contributed by atoms with Crippen molar-refractivity contribution in [2.45, 2.75) is 90.1 Å². The second-order valence-electron chi connectivity index (χ2n) is 10.8. The van der Waals surface area contributed by atoms with Crippen LogP contribution in [0.4, 0.5) is 0 Å². The number of rotatable bonds is 15. The number of benzene rings is 1. The van der Waals surface area contributed by atoms with E-state index in [4.69, 9.17) is 9.47 Å². The van der Waals surface area contributed by atoms with E-state index in [1.807, 2.05) is 47.7 Å². The summed E-state index contributed by atoms with van der Waals surface area (Å²) in [5.41, 5.74) is 1.19. The van der Waals surface area contributed by atoms with Gasteiger partial charge in [0.15, 0.2) is 0 Å². The number of carbonyl (C=O) groups is 2. The second-order valence-corrected chi connectivity index (χ2v) is 11.7. The first-order valence-corrected chi connectivity index (χ1v) is 15.3. The highest BCUT2D eigenvalue weighted by Gasteiger charge is 2.38. The van der Waals surface area contributed by atoms with Gasteiger partial charge >= 0.3 is 0 Å². The molecule has 224 valence electrons. The van der Waals surface area contributed by atoms with E-state index in [1.165, 1.54) is 5.56 Å². The van der Waals surface area contributed by atoms with Crippen molar-refractivity contribution in [1.82, 2.24) is 20.5 Å². The SMILES string of the molecule is CCC(C)C(NC)C(CC(=O)N1CCCC1C(OC)C(C)C)OC.O=CNC(Cc1ccccc1)c1nccs1. The Bertz CT molecular complexity index is 960. The quantitative estimate of drug-likeness (QED) is 0.295. The zero-order valence-electron chi connectivity index (χ0n) is 25.3. The third kappa shape index (κ3) is 9.94. The molecule has 2 heterocycles. The summed E-state index contributed by atoms with van der Waals surface area (Å²) >= 11 is 1.56. The molecule has 40 heavy (non-hydrogen) atoms. The molecule has 9 heteroatoms. The molecule has 0 bridgehead atoms. The summed E-state index contributed by atoms with van der Waals surface area (Å²) in [6.45, 7) is 9.53. The van der Waals surface area contributed by atoms with Gasteiger partial charge in [0.25, 0.3) is 0 Å². The third-order valence-corrected chi connectivity index (χ3v) is 8.79. The van der Waals surface area contributed by atoms with Gasteiger partial charge in [-0.1, -0.05) is 64.4 Å². The molecule has 2 amide bonds. The van der Waals surface area contributed by atoms with Gasteiger partial charge in [-0.25, -0.2) is 4.98 Å². The number of ether oxygens (including phenoxy) is 2. The summed E-state index contributed by atoms with van der Waals surface area (Å²) < 4.78 is 11.4. The standard InChI is InChI=1S/C19H38N2O3.C12H12N2OS/c1-8-14(4)18(20-5)16(23-6)12-17(22)21-11-9-10-15(21)19(24-7)13(2)3;15-9-14-11(12-13-6-7-16-12)8-10-4-2-1-3-5-10/h13-16,18-20H,8-12H2,1-7H3;1-7,9,11H,8H2,(H,14,15). The molecule has 0 spiro atoms. The normalized spacial score (nSPS) is 18.8. The van der Waals surface area contributed by atoms with Crippen LogP contribution in [-0.4, -0.2) is 74.3 Å². The maximum Gasteiger partial charge on any atom is 0.225 e. The highest BCUT2D eigenvalue weighted by atomic mass is 32.1. The largest absolute Gasteiger partial charge is 0.379 e. The molecule has 1 aliphatic heterocycles. The molecule has 1 aliphatic rings. The minimum atomic E-state index is -0.0984. The van der Waals surface area contributed by atoms with Gasteiger partial charge < -0.3 is 25.0 Å². The van der Waals surface area contributed by atoms with Crippen molar-refractivity contribution in [3.8, 4) is 0 Å². The van der Waals surface area contributed by atoms with Crippen LogP contribution in [0.2, 0.25) is 0 Å². The molecule has 1 fully saturated rings. The molecule has 0 saturated carbocycles. The van der Waals surface area contributed by atoms with Crippen LogP contribution in [0.15, 0.2) is 41.9 Å². The van der Waals surface area contributed by atoms with Gasteiger partial charge in [-0.05, 0) is 43.7 Å². The zero-order chi connectivity index (χ0) is 29.5. The Morgan fingerprint density at radius 3 is 2.45 bits per heavy atom. The number of hydrogen-bond acceptors (Lipinski definition) is 7. The molecule has 2 N–H and O–H groups in total. The van der Waals surface area contributed by atoms with Gasteiger partial charge in [-0.2, -0.15) is 0 Å². The van der Waals surface area contributed by atoms with Gasteiger partial charge in [-0.3, -0.25) is 9.59 Å². The van der Waals surface area contributed by atoms with Crippen molar-refractivity contribution in [2.24, 2.45) is 11.8 Å². The van der Waals surface area contributed by atoms with E-state index in [-0.39, 0.29) is 36.2 Å². The average molecular weight is 575 g/mol. The van der Waals surface area contributed by atoms with Crippen LogP contribution in [0.25, 0.3) is 0 Å². The predicted molar refractivity (Wildman–Crippen MR) is 162 cm³/mol. The summed E-state index contributed by atoms with van der Waals surface area (Å²) in [5, 5.41) is 9.00. The molecule has 1 aromatic carbocycles. The molecular formula is C31H50N4O4S. The van der Waals surface area contributed by atoms with Crippen molar-refractivity contribution < 1.29 is 19.1 Å². The summed E-state index contributed by atoms with van der Waals surface area (Å²) in [5.74, 6) is 1.05. The zero-order valence-corrected chi connectivity index (χ0v) is 26.2. The lowest BCUT2D eigenvalue weighted by molar-refractivity contribution is -0.138. The molecule has 1 saturated heterocycles. The van der Waals surface area contributed by atoms with Gasteiger partial charge in [0.05, 0.1) is 30.7 Å². The number of amides is 2. The predicted octanol–water partition coefficient (Wildman–Crippen LogP) is 4.86. The molecule has 3 rings (SSSR count). The fourth-order valence-corrected chi connectivity index (χ4v) is 6.31. The van der Waals surface area contributed by atoms with Crippen LogP contribution in [0.1, 0.15) is 70.0 Å². The minimum absolute atomic E-state index is 0.0279. The topological polar surface area (TPSA) is 92.8 Å². The van der Waals surface area contributed by atoms with Gasteiger partial charge in [0.2, 0.25) is 12.3 Å². The van der Waals surface area contributed by atoms with E-state index in [1.54, 1.807) is 31.8 Å². The smallest absolute Gasteiger partial charge is 0.225 e. The van der Waals surface area contributed by atoms with E-state index in [0.717, 1.165) is 43.6 Å². The van der Waals surface area contributed by atoms with Gasteiger partial charge in [0.1, 0.15) is 5.01 Å². The number of hydrogen-bond donors (Lipinski definition) is 2. The number of thiazole rings is 1. The van der Waals surface area contributed by atoms with Crippen molar-refractivity contribution in [1.29, 1.82) is 0 Å². The first-order chi connectivity index (χ1) is 19.3. The molecule has 2 aromatic rings. The fourth-order valence-electron chi connectivity index (χ4n) is 5.61. The van der Waals surface area contributed by atoms with E-state index >= 15 is 0 Å². The van der Waals surface area contributed by atoms with Crippen molar-refractivity contribution in [3.63, 3.8) is 0 Å². The number of nitrogens with one attached hydrogen (secondary N) is 2. The number of carbonyl (C=O) groups excluding carboxylic acids is 2. The Labute approximate surface area is 245 Å². The van der Waals surface area contributed by atoms with Gasteiger partial charge in [-0.15, -0.1) is 11.3 Å². The Kier molecular flexibility index (Phi) is 15.4. The number of likely N-dealkylation sites (tertiary alicyclic amines) is 1. The van der Waals surface area contributed by atoms with Crippen LogP contribution in [0, 0.1) is 11.8 Å². The van der Waals surface area contributed by atoms with E-state index < -0.39 is 0 Å². The second kappa shape index (κ2) is 18.2. The van der Waals surface area contributed by atoms with E-state index in [9.17, 15) is 9.59 Å². The molecule has 0 aliphatic carbocycles. The lowest BCUT2D eigenvalue weighted by Gasteiger charge is -2.35. The maximum absolute atomic E-state index is 13.0. The molecular weight excluding hydrogens is 524 g/mol. The Balaban J connectivity index is 0.000000302. The minimum Gasteiger partial charge on any atom is -0.379 e. The van der Waals surface area contributed by atoms with Crippen LogP contribution in [-0.2, 0) is 25.5 Å². The maximum atomic E-state index is 13.0. The van der Waals surface area contributed by atoms with Crippen molar-refractivity contribution >= 4 is 23.7 Å². The van der Waals surface area contributed by atoms with E-state index in [0.29, 0.717) is 18.3 Å². The summed E-state index contributed by atoms with van der Waals surface area (Å²) in [7, 11) is 5.41. The molecule has 1 aromatic heterocycles. The number of nitrogens with zero attached hydrogens (tertiary/aromatic N) is 2. The van der Waals surface area contributed by atoms with Gasteiger partial charge in [0, 0.05) is 38.4 Å². The van der Waals surface area contributed by atoms with Crippen LogP contribution < -0.4 is 10.6 Å². The Hall–Kier alpha value is -2.33. The van der Waals surface area contributed by atoms with Crippen LogP contribution >= 0.6 is 11.3 Å². The summed E-state index contributed by atoms with van der Waals surface area (Å²) in [6.07, 6.45) is 6.84. The average Bonchev–Trinajstić information content (AvgIpc) is 3.67. The van der Waals surface area contributed by atoms with Crippen LogP contribution in [0.5, 0.6) is 0 Å². The summed E-state index contributed by atoms with van der Waals surface area (Å²) in [6, 6.07) is 10.4. The third-order valence-electron chi connectivity index (χ3n) is 7.90. The fraction of sp³-hybridized carbons (Fsp3) is 0.645. The molecule has 8 nitrogen and oxygen atoms in total. The number of aromatic nitrogens is 1. The lowest BCUT2D eigenvalue weighted by atomic mass is 9.92. The molecule has 6 atom stereocenters. The lowest BCUT2D eigenvalue weighted by Crippen LogP contribution is -2.49. The number of methoxy groups -OCH3 is 2. The van der Waals surface area contributed by atoms with Crippen molar-refractivity contribution in [3.05, 3.63) is 52.5 Å². The number of likely N-dealkylation sites (N-methyl/N-ethyl adjacent to an activating group) is 1. The van der Waals surface area contributed by atoms with Crippen LogP contribution in [0.3, 0.4) is 0 Å².